The number of hydrogen-bond donors (Lipinski definition) is 2. The Labute approximate surface area is 83.6 Å². The Morgan fingerprint density at radius 3 is 3.07 bits per heavy atom. The number of imidazole rings is 1. The molecule has 1 aliphatic rings. The van der Waals surface area contributed by atoms with Crippen LogP contribution in [0.3, 0.4) is 0 Å². The first kappa shape index (κ1) is 9.24. The monoisotopic (exact) mass is 192 g/mol. The summed E-state index contributed by atoms with van der Waals surface area (Å²) in [5.74, 6) is 2.25. The van der Waals surface area contributed by atoms with Crippen LogP contribution in [0.5, 0.6) is 0 Å². The molecule has 0 saturated heterocycles. The summed E-state index contributed by atoms with van der Waals surface area (Å²) in [6.07, 6.45) is 6.90. The molecule has 0 aliphatic heterocycles. The summed E-state index contributed by atoms with van der Waals surface area (Å²) in [6, 6.07) is 0.102. The fourth-order valence-electron chi connectivity index (χ4n) is 1.47. The van der Waals surface area contributed by atoms with Gasteiger partial charge < -0.3 is 10.7 Å². The van der Waals surface area contributed by atoms with Gasteiger partial charge in [0.1, 0.15) is 11.9 Å². The fraction of sp³-hybridized carbons (Fsp3) is 0.600. The zero-order chi connectivity index (χ0) is 9.97. The van der Waals surface area contributed by atoms with Crippen LogP contribution in [0.1, 0.15) is 38.1 Å². The Hall–Kier alpha value is -1.32. The van der Waals surface area contributed by atoms with Gasteiger partial charge in [-0.05, 0) is 19.3 Å². The van der Waals surface area contributed by atoms with E-state index in [2.05, 4.69) is 21.9 Å². The average Bonchev–Trinajstić information content (AvgIpc) is 2.91. The van der Waals surface area contributed by atoms with Crippen molar-refractivity contribution in [2.45, 2.75) is 32.2 Å². The Morgan fingerprint density at radius 2 is 2.57 bits per heavy atom. The highest BCUT2D eigenvalue weighted by Crippen LogP contribution is 2.30. The van der Waals surface area contributed by atoms with Crippen LogP contribution in [-0.2, 0) is 0 Å². The molecule has 4 nitrogen and oxygen atoms in total. The van der Waals surface area contributed by atoms with Crippen molar-refractivity contribution in [2.75, 3.05) is 0 Å². The summed E-state index contributed by atoms with van der Waals surface area (Å²) >= 11 is 0. The summed E-state index contributed by atoms with van der Waals surface area (Å²) in [4.78, 5) is 11.8. The van der Waals surface area contributed by atoms with E-state index in [4.69, 9.17) is 5.73 Å². The second-order valence-electron chi connectivity index (χ2n) is 3.73. The molecule has 1 aromatic heterocycles. The molecular formula is C10H16N4. The number of amidine groups is 1. The molecular weight excluding hydrogens is 176 g/mol. The molecule has 1 aliphatic carbocycles. The zero-order valence-corrected chi connectivity index (χ0v) is 8.40. The van der Waals surface area contributed by atoms with E-state index in [9.17, 15) is 0 Å². The van der Waals surface area contributed by atoms with E-state index in [1.165, 1.54) is 12.8 Å². The standard InChI is InChI=1S/C10H16N4/c1-2-8(10-12-5-6-13-10)14-9(11)7-3-4-7/h5-8H,2-4H2,1H3,(H2,11,14)(H,12,13). The predicted molar refractivity (Wildman–Crippen MR) is 56.0 cm³/mol. The van der Waals surface area contributed by atoms with Gasteiger partial charge in [0, 0.05) is 18.3 Å². The number of nitrogens with two attached hydrogens (primary N) is 1. The fourth-order valence-corrected chi connectivity index (χ4v) is 1.47. The van der Waals surface area contributed by atoms with Crippen LogP contribution < -0.4 is 5.73 Å². The molecule has 4 heteroatoms. The summed E-state index contributed by atoms with van der Waals surface area (Å²) in [7, 11) is 0. The zero-order valence-electron chi connectivity index (χ0n) is 8.40. The SMILES string of the molecule is CCC(N=C(N)C1CC1)c1ncc[nH]1. The lowest BCUT2D eigenvalue weighted by Crippen LogP contribution is -2.16. The maximum atomic E-state index is 5.87. The van der Waals surface area contributed by atoms with Gasteiger partial charge in [-0.15, -0.1) is 0 Å². The third kappa shape index (κ3) is 1.95. The van der Waals surface area contributed by atoms with Crippen LogP contribution in [0.4, 0.5) is 0 Å². The van der Waals surface area contributed by atoms with E-state index in [0.717, 1.165) is 18.1 Å². The largest absolute Gasteiger partial charge is 0.387 e. The maximum absolute atomic E-state index is 5.87. The van der Waals surface area contributed by atoms with Crippen molar-refractivity contribution in [3.05, 3.63) is 18.2 Å². The molecule has 3 N–H and O–H groups in total. The van der Waals surface area contributed by atoms with Gasteiger partial charge in [0.05, 0.1) is 5.84 Å². The molecule has 1 atom stereocenters. The highest BCUT2D eigenvalue weighted by molar-refractivity contribution is 5.85. The Balaban J connectivity index is 2.09. The number of aromatic nitrogens is 2. The first-order valence-electron chi connectivity index (χ1n) is 5.13. The maximum Gasteiger partial charge on any atom is 0.130 e. The third-order valence-corrected chi connectivity index (χ3v) is 2.52. The average molecular weight is 192 g/mol. The second kappa shape index (κ2) is 3.82. The topological polar surface area (TPSA) is 67.1 Å². The van der Waals surface area contributed by atoms with Crippen molar-refractivity contribution in [1.82, 2.24) is 9.97 Å². The van der Waals surface area contributed by atoms with E-state index in [1.54, 1.807) is 6.20 Å². The second-order valence-corrected chi connectivity index (χ2v) is 3.73. The van der Waals surface area contributed by atoms with Crippen molar-refractivity contribution in [3.63, 3.8) is 0 Å². The molecule has 2 rings (SSSR count). The molecule has 0 aromatic carbocycles. The molecule has 76 valence electrons. The van der Waals surface area contributed by atoms with Gasteiger partial charge in [-0.25, -0.2) is 4.98 Å². The summed E-state index contributed by atoms with van der Waals surface area (Å²) in [5, 5.41) is 0. The lowest BCUT2D eigenvalue weighted by molar-refractivity contribution is 0.656. The van der Waals surface area contributed by atoms with E-state index < -0.39 is 0 Å². The minimum absolute atomic E-state index is 0.102. The van der Waals surface area contributed by atoms with Crippen LogP contribution in [0.2, 0.25) is 0 Å². The number of aromatic amines is 1. The van der Waals surface area contributed by atoms with Crippen molar-refractivity contribution >= 4 is 5.84 Å². The van der Waals surface area contributed by atoms with E-state index >= 15 is 0 Å². The predicted octanol–water partition coefficient (Wildman–Crippen LogP) is 1.63. The molecule has 0 spiro atoms. The summed E-state index contributed by atoms with van der Waals surface area (Å²) in [5.41, 5.74) is 5.87. The molecule has 1 saturated carbocycles. The van der Waals surface area contributed by atoms with E-state index in [-0.39, 0.29) is 6.04 Å². The first-order chi connectivity index (χ1) is 6.81. The van der Waals surface area contributed by atoms with Crippen molar-refractivity contribution in [1.29, 1.82) is 0 Å². The molecule has 0 bridgehead atoms. The Bertz CT molecular complexity index is 311. The number of aliphatic imine (C=N–C) groups is 1. The van der Waals surface area contributed by atoms with Crippen LogP contribution in [0.25, 0.3) is 0 Å². The third-order valence-electron chi connectivity index (χ3n) is 2.52. The van der Waals surface area contributed by atoms with Crippen LogP contribution in [-0.4, -0.2) is 15.8 Å². The Kier molecular flexibility index (Phi) is 2.52. The molecule has 1 fully saturated rings. The minimum atomic E-state index is 0.102. The van der Waals surface area contributed by atoms with E-state index in [0.29, 0.717) is 5.92 Å². The van der Waals surface area contributed by atoms with Gasteiger partial charge in [0.2, 0.25) is 0 Å². The molecule has 1 unspecified atom stereocenters. The minimum Gasteiger partial charge on any atom is -0.387 e. The van der Waals surface area contributed by atoms with Gasteiger partial charge >= 0.3 is 0 Å². The van der Waals surface area contributed by atoms with Crippen LogP contribution in [0, 0.1) is 5.92 Å². The van der Waals surface area contributed by atoms with Crippen LogP contribution in [0.15, 0.2) is 17.4 Å². The Morgan fingerprint density at radius 1 is 1.79 bits per heavy atom. The van der Waals surface area contributed by atoms with Gasteiger partial charge in [0.15, 0.2) is 0 Å². The van der Waals surface area contributed by atoms with Gasteiger partial charge in [0.25, 0.3) is 0 Å². The van der Waals surface area contributed by atoms with Crippen LogP contribution >= 0.6 is 0 Å². The number of rotatable bonds is 4. The lowest BCUT2D eigenvalue weighted by atomic mass is 10.2. The molecule has 1 heterocycles. The van der Waals surface area contributed by atoms with Crippen molar-refractivity contribution < 1.29 is 0 Å². The van der Waals surface area contributed by atoms with Crippen molar-refractivity contribution in [3.8, 4) is 0 Å². The van der Waals surface area contributed by atoms with Gasteiger partial charge in [-0.1, -0.05) is 6.92 Å². The highest BCUT2D eigenvalue weighted by Gasteiger charge is 2.26. The van der Waals surface area contributed by atoms with Gasteiger partial charge in [-0.2, -0.15) is 0 Å². The molecule has 0 radical (unpaired) electrons. The smallest absolute Gasteiger partial charge is 0.130 e. The van der Waals surface area contributed by atoms with E-state index in [1.807, 2.05) is 6.20 Å². The molecule has 0 amide bonds. The first-order valence-corrected chi connectivity index (χ1v) is 5.13. The number of hydrogen-bond acceptors (Lipinski definition) is 2. The van der Waals surface area contributed by atoms with Gasteiger partial charge in [-0.3, -0.25) is 4.99 Å². The quantitative estimate of drug-likeness (QED) is 0.562. The highest BCUT2D eigenvalue weighted by atomic mass is 15.0. The molecule has 1 aromatic rings. The lowest BCUT2D eigenvalue weighted by Gasteiger charge is -2.08. The number of H-pyrrole nitrogens is 1. The molecule has 14 heavy (non-hydrogen) atoms. The van der Waals surface area contributed by atoms with Crippen molar-refractivity contribution in [2.24, 2.45) is 16.6 Å². The number of nitrogens with one attached hydrogen (secondary N) is 1. The summed E-state index contributed by atoms with van der Waals surface area (Å²) in [6.45, 7) is 2.09. The normalized spacial score (nSPS) is 19.6. The summed E-state index contributed by atoms with van der Waals surface area (Å²) < 4.78 is 0. The number of nitrogens with zero attached hydrogens (tertiary/aromatic N) is 2.